The maximum atomic E-state index is 1.65. The summed E-state index contributed by atoms with van der Waals surface area (Å²) in [6.45, 7) is 0. The van der Waals surface area contributed by atoms with E-state index in [1.54, 1.807) is 116 Å². The SMILES string of the molecule is C1CC[C@@H]2C(C3[C@H]4CCCC[C@H]4C[C@@H]4CCCC[C@@H]34)[C@@H]3CCCC[C@@H]3C[C@H]2C1. The maximum absolute atomic E-state index is 1.65. The first-order valence-corrected chi connectivity index (χ1v) is 13.9. The van der Waals surface area contributed by atoms with Gasteiger partial charge in [0.1, 0.15) is 0 Å². The van der Waals surface area contributed by atoms with E-state index in [0.29, 0.717) is 0 Å². The molecular formula is C28H46. The zero-order valence-corrected chi connectivity index (χ0v) is 18.5. The molecule has 0 aromatic heterocycles. The van der Waals surface area contributed by atoms with Crippen molar-refractivity contribution in [2.24, 2.45) is 59.2 Å². The van der Waals surface area contributed by atoms with Gasteiger partial charge in [-0.3, -0.25) is 0 Å². The van der Waals surface area contributed by atoms with Crippen molar-refractivity contribution in [3.63, 3.8) is 0 Å². The van der Waals surface area contributed by atoms with Gasteiger partial charge in [0.15, 0.2) is 0 Å². The summed E-state index contributed by atoms with van der Waals surface area (Å²) in [5, 5.41) is 0. The molecule has 2 unspecified atom stereocenters. The molecule has 10 atom stereocenters. The molecule has 0 radical (unpaired) electrons. The summed E-state index contributed by atoms with van der Waals surface area (Å²) in [6.07, 6.45) is 28.8. The van der Waals surface area contributed by atoms with Gasteiger partial charge in [0.25, 0.3) is 0 Å². The highest BCUT2D eigenvalue weighted by molar-refractivity contribution is 5.04. The molecule has 0 nitrogen and oxygen atoms in total. The fraction of sp³-hybridized carbons (Fsp3) is 1.00. The van der Waals surface area contributed by atoms with Gasteiger partial charge in [-0.25, -0.2) is 0 Å². The van der Waals surface area contributed by atoms with E-state index in [-0.39, 0.29) is 0 Å². The Morgan fingerprint density at radius 1 is 0.286 bits per heavy atom. The lowest BCUT2D eigenvalue weighted by atomic mass is 9.44. The standard InChI is InChI=1S/C28H46/c1-5-13-23-19(9-1)17-20-10-2-6-14-24(20)27(23)28-25-15-7-3-11-21(25)18-22-12-4-8-16-26(22)28/h19-28H,1-18H2/t19-,20-,21+,22+,23-,24+,25-,26+,27?,28?. The first kappa shape index (κ1) is 18.7. The fourth-order valence-electron chi connectivity index (χ4n) is 10.7. The van der Waals surface area contributed by atoms with E-state index < -0.39 is 0 Å². The Balaban J connectivity index is 1.38. The van der Waals surface area contributed by atoms with Crippen LogP contribution >= 0.6 is 0 Å². The summed E-state index contributed by atoms with van der Waals surface area (Å²) >= 11 is 0. The Bertz CT molecular complexity index is 444. The Labute approximate surface area is 175 Å². The molecule has 0 heterocycles. The van der Waals surface area contributed by atoms with Crippen molar-refractivity contribution in [1.29, 1.82) is 0 Å². The van der Waals surface area contributed by atoms with E-state index >= 15 is 0 Å². The summed E-state index contributed by atoms with van der Waals surface area (Å²) in [5.74, 6) is 11.5. The van der Waals surface area contributed by atoms with Crippen molar-refractivity contribution >= 4 is 0 Å². The molecule has 0 amide bonds. The van der Waals surface area contributed by atoms with Crippen molar-refractivity contribution in [2.45, 2.75) is 116 Å². The molecule has 6 rings (SSSR count). The van der Waals surface area contributed by atoms with Crippen LogP contribution in [0.25, 0.3) is 0 Å². The van der Waals surface area contributed by atoms with Crippen molar-refractivity contribution < 1.29 is 0 Å². The van der Waals surface area contributed by atoms with Crippen molar-refractivity contribution in [3.8, 4) is 0 Å². The summed E-state index contributed by atoms with van der Waals surface area (Å²) in [4.78, 5) is 0. The second-order valence-corrected chi connectivity index (χ2v) is 12.5. The zero-order chi connectivity index (χ0) is 18.5. The highest BCUT2D eigenvalue weighted by Gasteiger charge is 2.55. The molecule has 6 aliphatic rings. The predicted molar refractivity (Wildman–Crippen MR) is 118 cm³/mol. The third-order valence-corrected chi connectivity index (χ3v) is 11.5. The van der Waals surface area contributed by atoms with Crippen LogP contribution < -0.4 is 0 Å². The van der Waals surface area contributed by atoms with E-state index in [4.69, 9.17) is 0 Å². The summed E-state index contributed by atoms with van der Waals surface area (Å²) in [5.41, 5.74) is 0. The number of fused-ring (bicyclic) bond motifs is 4. The average molecular weight is 383 g/mol. The van der Waals surface area contributed by atoms with Gasteiger partial charge in [0.05, 0.1) is 0 Å². The molecule has 6 fully saturated rings. The third-order valence-electron chi connectivity index (χ3n) is 11.5. The highest BCUT2D eigenvalue weighted by Crippen LogP contribution is 2.63. The summed E-state index contributed by atoms with van der Waals surface area (Å²) in [6, 6.07) is 0. The highest BCUT2D eigenvalue weighted by atomic mass is 14.6. The molecule has 0 N–H and O–H groups in total. The van der Waals surface area contributed by atoms with Gasteiger partial charge < -0.3 is 0 Å². The molecule has 6 saturated carbocycles. The topological polar surface area (TPSA) is 0 Å². The molecule has 0 spiro atoms. The van der Waals surface area contributed by atoms with E-state index in [1.165, 1.54) is 11.8 Å². The normalized spacial score (nSPS) is 54.0. The third kappa shape index (κ3) is 3.13. The van der Waals surface area contributed by atoms with Gasteiger partial charge in [0, 0.05) is 0 Å². The minimum atomic E-state index is 1.14. The Morgan fingerprint density at radius 3 is 0.821 bits per heavy atom. The van der Waals surface area contributed by atoms with Gasteiger partial charge in [-0.1, -0.05) is 77.0 Å². The van der Waals surface area contributed by atoms with Gasteiger partial charge in [0.2, 0.25) is 0 Å². The van der Waals surface area contributed by atoms with E-state index in [9.17, 15) is 0 Å². The van der Waals surface area contributed by atoms with Crippen molar-refractivity contribution in [2.75, 3.05) is 0 Å². The van der Waals surface area contributed by atoms with Crippen LogP contribution in [-0.4, -0.2) is 0 Å². The van der Waals surface area contributed by atoms with Crippen molar-refractivity contribution in [1.82, 2.24) is 0 Å². The van der Waals surface area contributed by atoms with Crippen LogP contribution in [0.3, 0.4) is 0 Å². The minimum absolute atomic E-state index is 1.14. The van der Waals surface area contributed by atoms with Crippen LogP contribution in [0.5, 0.6) is 0 Å². The van der Waals surface area contributed by atoms with Crippen LogP contribution in [0.4, 0.5) is 0 Å². The Hall–Kier alpha value is 0. The molecule has 0 aromatic carbocycles. The number of rotatable bonds is 1. The van der Waals surface area contributed by atoms with E-state index in [1.807, 2.05) is 0 Å². The first-order valence-electron chi connectivity index (χ1n) is 13.9. The first-order chi connectivity index (χ1) is 13.9. The molecule has 0 aliphatic heterocycles. The average Bonchev–Trinajstić information content (AvgIpc) is 2.76. The molecule has 6 aliphatic carbocycles. The maximum Gasteiger partial charge on any atom is -0.0318 e. The molecule has 0 bridgehead atoms. The second-order valence-electron chi connectivity index (χ2n) is 12.5. The number of hydrogen-bond acceptors (Lipinski definition) is 0. The Kier molecular flexibility index (Phi) is 5.30. The molecule has 158 valence electrons. The molecule has 0 saturated heterocycles. The van der Waals surface area contributed by atoms with Crippen molar-refractivity contribution in [3.05, 3.63) is 0 Å². The lowest BCUT2D eigenvalue weighted by Gasteiger charge is -2.61. The van der Waals surface area contributed by atoms with Crippen LogP contribution in [-0.2, 0) is 0 Å². The second kappa shape index (κ2) is 7.92. The van der Waals surface area contributed by atoms with Gasteiger partial charge in [-0.15, -0.1) is 0 Å². The summed E-state index contributed by atoms with van der Waals surface area (Å²) in [7, 11) is 0. The van der Waals surface area contributed by atoms with Crippen LogP contribution in [0.15, 0.2) is 0 Å². The number of hydrogen-bond donors (Lipinski definition) is 0. The molecule has 0 aromatic rings. The largest absolute Gasteiger partial charge is 0.0530 e. The van der Waals surface area contributed by atoms with E-state index in [2.05, 4.69) is 0 Å². The lowest BCUT2D eigenvalue weighted by molar-refractivity contribution is -0.120. The van der Waals surface area contributed by atoms with Crippen LogP contribution in [0.2, 0.25) is 0 Å². The molecule has 28 heavy (non-hydrogen) atoms. The monoisotopic (exact) mass is 382 g/mol. The quantitative estimate of drug-likeness (QED) is 0.428. The van der Waals surface area contributed by atoms with Gasteiger partial charge >= 0.3 is 0 Å². The minimum Gasteiger partial charge on any atom is -0.0530 e. The molecule has 0 heteroatoms. The zero-order valence-electron chi connectivity index (χ0n) is 18.5. The molecular weight excluding hydrogens is 336 g/mol. The fourth-order valence-corrected chi connectivity index (χ4v) is 10.7. The predicted octanol–water partition coefficient (Wildman–Crippen LogP) is 8.25. The summed E-state index contributed by atoms with van der Waals surface area (Å²) < 4.78 is 0. The van der Waals surface area contributed by atoms with Gasteiger partial charge in [-0.05, 0) is 97.7 Å². The van der Waals surface area contributed by atoms with E-state index in [0.717, 1.165) is 47.3 Å². The van der Waals surface area contributed by atoms with Gasteiger partial charge in [-0.2, -0.15) is 0 Å². The van der Waals surface area contributed by atoms with Crippen LogP contribution in [0.1, 0.15) is 116 Å². The Morgan fingerprint density at radius 2 is 0.536 bits per heavy atom. The smallest absolute Gasteiger partial charge is 0.0318 e. The lowest BCUT2D eigenvalue weighted by Crippen LogP contribution is -2.54. The van der Waals surface area contributed by atoms with Crippen LogP contribution in [0, 0.1) is 59.2 Å².